The normalized spacial score (nSPS) is 17.1. The summed E-state index contributed by atoms with van der Waals surface area (Å²) in [6.07, 6.45) is 6.59. The van der Waals surface area contributed by atoms with Gasteiger partial charge in [0.25, 0.3) is 0 Å². The largest absolute Gasteiger partial charge is 0.494 e. The van der Waals surface area contributed by atoms with Gasteiger partial charge in [-0.05, 0) is 43.4 Å². The third-order valence-corrected chi connectivity index (χ3v) is 5.70. The Labute approximate surface area is 122 Å². The monoisotopic (exact) mass is 296 g/mol. The Morgan fingerprint density at radius 3 is 2.65 bits per heavy atom. The van der Waals surface area contributed by atoms with Crippen LogP contribution in [-0.2, 0) is 9.84 Å². The lowest BCUT2D eigenvalue weighted by atomic mass is 9.91. The van der Waals surface area contributed by atoms with E-state index in [9.17, 15) is 8.42 Å². The SMILES string of the molecule is CCCOc1cccc(S(=O)(=O)CC2CCCCC2)c1. The minimum absolute atomic E-state index is 0.282. The van der Waals surface area contributed by atoms with Crippen LogP contribution < -0.4 is 4.74 Å². The predicted octanol–water partition coefficient (Wildman–Crippen LogP) is 3.83. The molecule has 1 aliphatic carbocycles. The molecule has 0 unspecified atom stereocenters. The Kier molecular flexibility index (Phi) is 5.46. The topological polar surface area (TPSA) is 43.4 Å². The second-order valence-electron chi connectivity index (χ2n) is 5.61. The summed E-state index contributed by atoms with van der Waals surface area (Å²) in [5.74, 6) is 1.26. The number of benzene rings is 1. The summed E-state index contributed by atoms with van der Waals surface area (Å²) in [5.41, 5.74) is 0. The Hall–Kier alpha value is -1.03. The molecule has 1 aromatic rings. The van der Waals surface area contributed by atoms with Crippen LogP contribution in [0.1, 0.15) is 45.4 Å². The molecule has 0 radical (unpaired) electrons. The summed E-state index contributed by atoms with van der Waals surface area (Å²) in [6.45, 7) is 2.65. The molecule has 1 saturated carbocycles. The Balaban J connectivity index is 2.07. The smallest absolute Gasteiger partial charge is 0.178 e. The third kappa shape index (κ3) is 4.23. The number of ether oxygens (including phenoxy) is 1. The number of hydrogen-bond acceptors (Lipinski definition) is 3. The van der Waals surface area contributed by atoms with Gasteiger partial charge in [0.05, 0.1) is 17.3 Å². The van der Waals surface area contributed by atoms with E-state index in [4.69, 9.17) is 4.74 Å². The van der Waals surface area contributed by atoms with Crippen LogP contribution in [0.5, 0.6) is 5.75 Å². The molecule has 0 atom stereocenters. The Morgan fingerprint density at radius 2 is 1.95 bits per heavy atom. The van der Waals surface area contributed by atoms with Crippen LogP contribution in [0.3, 0.4) is 0 Å². The Morgan fingerprint density at radius 1 is 1.20 bits per heavy atom. The van der Waals surface area contributed by atoms with Crippen molar-refractivity contribution in [3.8, 4) is 5.75 Å². The van der Waals surface area contributed by atoms with Crippen LogP contribution in [-0.4, -0.2) is 20.8 Å². The molecule has 1 aliphatic rings. The highest BCUT2D eigenvalue weighted by Gasteiger charge is 2.23. The summed E-state index contributed by atoms with van der Waals surface area (Å²) < 4.78 is 30.5. The maximum absolute atomic E-state index is 12.5. The first kappa shape index (κ1) is 15.4. The van der Waals surface area contributed by atoms with Gasteiger partial charge in [0.15, 0.2) is 9.84 Å². The van der Waals surface area contributed by atoms with Crippen LogP contribution in [0.4, 0.5) is 0 Å². The van der Waals surface area contributed by atoms with Gasteiger partial charge in [-0.2, -0.15) is 0 Å². The van der Waals surface area contributed by atoms with Gasteiger partial charge in [-0.25, -0.2) is 8.42 Å². The van der Waals surface area contributed by atoms with Gasteiger partial charge >= 0.3 is 0 Å². The molecule has 0 N–H and O–H groups in total. The molecule has 0 saturated heterocycles. The summed E-state index contributed by atoms with van der Waals surface area (Å²) in [7, 11) is -3.19. The van der Waals surface area contributed by atoms with E-state index in [0.29, 0.717) is 23.2 Å². The van der Waals surface area contributed by atoms with E-state index in [0.717, 1.165) is 19.3 Å². The highest BCUT2D eigenvalue weighted by molar-refractivity contribution is 7.91. The molecule has 2 rings (SSSR count). The molecule has 1 aromatic carbocycles. The molecule has 4 heteroatoms. The van der Waals surface area contributed by atoms with Gasteiger partial charge in [0, 0.05) is 0 Å². The van der Waals surface area contributed by atoms with Gasteiger partial charge in [-0.1, -0.05) is 32.3 Å². The first-order valence-corrected chi connectivity index (χ1v) is 9.22. The van der Waals surface area contributed by atoms with E-state index in [2.05, 4.69) is 0 Å². The van der Waals surface area contributed by atoms with E-state index in [1.807, 2.05) is 13.0 Å². The van der Waals surface area contributed by atoms with E-state index in [-0.39, 0.29) is 5.75 Å². The van der Waals surface area contributed by atoms with Crippen molar-refractivity contribution >= 4 is 9.84 Å². The molecular weight excluding hydrogens is 272 g/mol. The number of hydrogen-bond donors (Lipinski definition) is 0. The molecular formula is C16H24O3S. The van der Waals surface area contributed by atoms with Crippen molar-refractivity contribution in [3.63, 3.8) is 0 Å². The maximum Gasteiger partial charge on any atom is 0.178 e. The zero-order valence-corrected chi connectivity index (χ0v) is 13.0. The first-order valence-electron chi connectivity index (χ1n) is 7.57. The molecule has 0 aliphatic heterocycles. The van der Waals surface area contributed by atoms with Crippen molar-refractivity contribution in [3.05, 3.63) is 24.3 Å². The zero-order valence-electron chi connectivity index (χ0n) is 12.2. The van der Waals surface area contributed by atoms with Crippen molar-refractivity contribution in [2.75, 3.05) is 12.4 Å². The van der Waals surface area contributed by atoms with Crippen LogP contribution >= 0.6 is 0 Å². The summed E-state index contributed by atoms with van der Waals surface area (Å²) in [4.78, 5) is 0.400. The molecule has 0 spiro atoms. The molecule has 0 heterocycles. The fraction of sp³-hybridized carbons (Fsp3) is 0.625. The fourth-order valence-electron chi connectivity index (χ4n) is 2.74. The lowest BCUT2D eigenvalue weighted by Gasteiger charge is -2.21. The lowest BCUT2D eigenvalue weighted by Crippen LogP contribution is -2.18. The minimum Gasteiger partial charge on any atom is -0.494 e. The van der Waals surface area contributed by atoms with Crippen molar-refractivity contribution in [2.24, 2.45) is 5.92 Å². The number of sulfone groups is 1. The van der Waals surface area contributed by atoms with E-state index < -0.39 is 9.84 Å². The Bertz CT molecular complexity index is 516. The average Bonchev–Trinajstić information content (AvgIpc) is 2.46. The average molecular weight is 296 g/mol. The molecule has 3 nitrogen and oxygen atoms in total. The van der Waals surface area contributed by atoms with Gasteiger partial charge < -0.3 is 4.74 Å². The molecule has 1 fully saturated rings. The minimum atomic E-state index is -3.19. The molecule has 112 valence electrons. The standard InChI is InChI=1S/C16H24O3S/c1-2-11-19-15-9-6-10-16(12-15)20(17,18)13-14-7-4-3-5-8-14/h6,9-10,12,14H,2-5,7-8,11,13H2,1H3. The summed E-state index contributed by atoms with van der Waals surface area (Å²) in [5, 5.41) is 0. The van der Waals surface area contributed by atoms with E-state index >= 15 is 0 Å². The van der Waals surface area contributed by atoms with Crippen molar-refractivity contribution < 1.29 is 13.2 Å². The maximum atomic E-state index is 12.5. The zero-order chi connectivity index (χ0) is 14.4. The fourth-order valence-corrected chi connectivity index (χ4v) is 4.47. The summed E-state index contributed by atoms with van der Waals surface area (Å²) >= 11 is 0. The van der Waals surface area contributed by atoms with Crippen molar-refractivity contribution in [2.45, 2.75) is 50.3 Å². The second kappa shape index (κ2) is 7.11. The second-order valence-corrected chi connectivity index (χ2v) is 7.64. The third-order valence-electron chi connectivity index (χ3n) is 3.82. The number of rotatable bonds is 6. The van der Waals surface area contributed by atoms with Crippen LogP contribution in [0.15, 0.2) is 29.2 Å². The first-order chi connectivity index (χ1) is 9.62. The van der Waals surface area contributed by atoms with Crippen molar-refractivity contribution in [1.29, 1.82) is 0 Å². The van der Waals surface area contributed by atoms with Gasteiger partial charge in [0.1, 0.15) is 5.75 Å². The van der Waals surface area contributed by atoms with Crippen molar-refractivity contribution in [1.82, 2.24) is 0 Å². The molecule has 0 amide bonds. The highest BCUT2D eigenvalue weighted by atomic mass is 32.2. The molecule has 20 heavy (non-hydrogen) atoms. The van der Waals surface area contributed by atoms with E-state index in [1.54, 1.807) is 18.2 Å². The van der Waals surface area contributed by atoms with Gasteiger partial charge in [-0.15, -0.1) is 0 Å². The highest BCUT2D eigenvalue weighted by Crippen LogP contribution is 2.28. The lowest BCUT2D eigenvalue weighted by molar-refractivity contribution is 0.316. The quantitative estimate of drug-likeness (QED) is 0.801. The van der Waals surface area contributed by atoms with Crippen LogP contribution in [0.25, 0.3) is 0 Å². The van der Waals surface area contributed by atoms with E-state index in [1.165, 1.54) is 19.3 Å². The molecule has 0 bridgehead atoms. The van der Waals surface area contributed by atoms with Gasteiger partial charge in [0.2, 0.25) is 0 Å². The van der Waals surface area contributed by atoms with Crippen LogP contribution in [0.2, 0.25) is 0 Å². The molecule has 0 aromatic heterocycles. The predicted molar refractivity (Wildman–Crippen MR) is 80.9 cm³/mol. The summed E-state index contributed by atoms with van der Waals surface area (Å²) in [6, 6.07) is 6.92. The van der Waals surface area contributed by atoms with Gasteiger partial charge in [-0.3, -0.25) is 0 Å². The van der Waals surface area contributed by atoms with Crippen LogP contribution in [0, 0.1) is 5.92 Å².